The van der Waals surface area contributed by atoms with E-state index in [1.807, 2.05) is 49.4 Å². The summed E-state index contributed by atoms with van der Waals surface area (Å²) >= 11 is 0. The van der Waals surface area contributed by atoms with Crippen LogP contribution in [-0.2, 0) is 6.42 Å². The SMILES string of the molecule is Cc1oc2ccccc2c1C(O)Cc1ccccn1. The molecule has 3 heteroatoms. The predicted octanol–water partition coefficient (Wildman–Crippen LogP) is 3.41. The number of aromatic nitrogens is 1. The summed E-state index contributed by atoms with van der Waals surface area (Å²) < 4.78 is 5.68. The van der Waals surface area contributed by atoms with Crippen LogP contribution in [0.2, 0.25) is 0 Å². The molecule has 0 aliphatic carbocycles. The molecule has 0 aliphatic heterocycles. The molecule has 3 nitrogen and oxygen atoms in total. The number of aliphatic hydroxyl groups excluding tert-OH is 1. The van der Waals surface area contributed by atoms with E-state index in [0.717, 1.165) is 28.0 Å². The molecule has 0 aliphatic rings. The van der Waals surface area contributed by atoms with Crippen molar-refractivity contribution in [2.45, 2.75) is 19.4 Å². The Morgan fingerprint density at radius 2 is 1.95 bits per heavy atom. The Labute approximate surface area is 111 Å². The molecule has 1 unspecified atom stereocenters. The van der Waals surface area contributed by atoms with Crippen LogP contribution in [0.5, 0.6) is 0 Å². The van der Waals surface area contributed by atoms with Crippen LogP contribution in [0.3, 0.4) is 0 Å². The number of aliphatic hydroxyl groups is 1. The largest absolute Gasteiger partial charge is 0.461 e. The van der Waals surface area contributed by atoms with Crippen molar-refractivity contribution in [1.82, 2.24) is 4.98 Å². The van der Waals surface area contributed by atoms with Gasteiger partial charge in [0.15, 0.2) is 0 Å². The lowest BCUT2D eigenvalue weighted by atomic mass is 10.0. The maximum atomic E-state index is 10.4. The van der Waals surface area contributed by atoms with E-state index in [1.54, 1.807) is 6.20 Å². The zero-order valence-electron chi connectivity index (χ0n) is 10.7. The number of nitrogens with zero attached hydrogens (tertiary/aromatic N) is 1. The van der Waals surface area contributed by atoms with Crippen molar-refractivity contribution < 1.29 is 9.52 Å². The maximum absolute atomic E-state index is 10.4. The minimum absolute atomic E-state index is 0.491. The Morgan fingerprint density at radius 1 is 1.16 bits per heavy atom. The number of fused-ring (bicyclic) bond motifs is 1. The summed E-state index contributed by atoms with van der Waals surface area (Å²) in [6.07, 6.45) is 1.63. The molecule has 1 aromatic carbocycles. The average molecular weight is 253 g/mol. The molecule has 0 amide bonds. The van der Waals surface area contributed by atoms with Gasteiger partial charge in [-0.15, -0.1) is 0 Å². The molecule has 96 valence electrons. The molecule has 0 saturated heterocycles. The highest BCUT2D eigenvalue weighted by molar-refractivity contribution is 5.82. The zero-order chi connectivity index (χ0) is 13.2. The van der Waals surface area contributed by atoms with Crippen LogP contribution in [0.25, 0.3) is 11.0 Å². The number of rotatable bonds is 3. The third-order valence-electron chi connectivity index (χ3n) is 3.28. The lowest BCUT2D eigenvalue weighted by Crippen LogP contribution is -2.03. The quantitative estimate of drug-likeness (QED) is 0.778. The summed E-state index contributed by atoms with van der Waals surface area (Å²) in [7, 11) is 0. The Kier molecular flexibility index (Phi) is 3.05. The van der Waals surface area contributed by atoms with Gasteiger partial charge in [0.05, 0.1) is 6.10 Å². The van der Waals surface area contributed by atoms with Gasteiger partial charge in [0.25, 0.3) is 0 Å². The van der Waals surface area contributed by atoms with Crippen LogP contribution in [0.15, 0.2) is 53.1 Å². The van der Waals surface area contributed by atoms with Gasteiger partial charge in [-0.3, -0.25) is 4.98 Å². The van der Waals surface area contributed by atoms with E-state index >= 15 is 0 Å². The molecular weight excluding hydrogens is 238 g/mol. The van der Waals surface area contributed by atoms with Gasteiger partial charge in [-0.1, -0.05) is 24.3 Å². The van der Waals surface area contributed by atoms with E-state index in [1.165, 1.54) is 0 Å². The number of pyridine rings is 1. The number of hydrogen-bond acceptors (Lipinski definition) is 3. The molecule has 3 rings (SSSR count). The first-order chi connectivity index (χ1) is 9.25. The van der Waals surface area contributed by atoms with Crippen molar-refractivity contribution >= 4 is 11.0 Å². The van der Waals surface area contributed by atoms with Crippen LogP contribution in [-0.4, -0.2) is 10.1 Å². The van der Waals surface area contributed by atoms with Crippen molar-refractivity contribution in [1.29, 1.82) is 0 Å². The number of furan rings is 1. The second-order valence-corrected chi connectivity index (χ2v) is 4.61. The fraction of sp³-hybridized carbons (Fsp3) is 0.188. The van der Waals surface area contributed by atoms with Gasteiger partial charge >= 0.3 is 0 Å². The highest BCUT2D eigenvalue weighted by atomic mass is 16.3. The van der Waals surface area contributed by atoms with E-state index in [9.17, 15) is 5.11 Å². The number of hydrogen-bond donors (Lipinski definition) is 1. The molecule has 1 N–H and O–H groups in total. The molecule has 2 aromatic heterocycles. The lowest BCUT2D eigenvalue weighted by molar-refractivity contribution is 0.176. The fourth-order valence-electron chi connectivity index (χ4n) is 2.42. The summed E-state index contributed by atoms with van der Waals surface area (Å²) in [6.45, 7) is 1.89. The van der Waals surface area contributed by atoms with Gasteiger partial charge in [-0.05, 0) is 25.1 Å². The molecule has 0 fully saturated rings. The van der Waals surface area contributed by atoms with Gasteiger partial charge < -0.3 is 9.52 Å². The first kappa shape index (κ1) is 11.9. The molecule has 1 atom stereocenters. The van der Waals surface area contributed by atoms with Crippen LogP contribution < -0.4 is 0 Å². The summed E-state index contributed by atoms with van der Waals surface area (Å²) in [6, 6.07) is 13.5. The van der Waals surface area contributed by atoms with Crippen molar-refractivity contribution in [2.75, 3.05) is 0 Å². The van der Waals surface area contributed by atoms with Crippen LogP contribution in [0.1, 0.15) is 23.1 Å². The Bertz CT molecular complexity index is 688. The van der Waals surface area contributed by atoms with Crippen LogP contribution in [0.4, 0.5) is 0 Å². The third-order valence-corrected chi connectivity index (χ3v) is 3.28. The summed E-state index contributed by atoms with van der Waals surface area (Å²) in [4.78, 5) is 4.25. The number of aryl methyl sites for hydroxylation is 1. The number of benzene rings is 1. The minimum Gasteiger partial charge on any atom is -0.461 e. The highest BCUT2D eigenvalue weighted by Crippen LogP contribution is 2.31. The molecule has 0 bridgehead atoms. The Balaban J connectivity index is 1.97. The van der Waals surface area contributed by atoms with Crippen molar-refractivity contribution in [3.63, 3.8) is 0 Å². The molecule has 2 heterocycles. The standard InChI is InChI=1S/C16H15NO2/c1-11-16(13-7-2-3-8-15(13)19-11)14(18)10-12-6-4-5-9-17-12/h2-9,14,18H,10H2,1H3. The number of para-hydroxylation sites is 1. The summed E-state index contributed by atoms with van der Waals surface area (Å²) in [5, 5.41) is 11.4. The second-order valence-electron chi connectivity index (χ2n) is 4.61. The van der Waals surface area contributed by atoms with Crippen molar-refractivity contribution in [3.05, 3.63) is 65.7 Å². The van der Waals surface area contributed by atoms with Crippen LogP contribution in [0, 0.1) is 6.92 Å². The summed E-state index contributed by atoms with van der Waals surface area (Å²) in [5.41, 5.74) is 2.55. The van der Waals surface area contributed by atoms with Gasteiger partial charge in [-0.25, -0.2) is 0 Å². The monoisotopic (exact) mass is 253 g/mol. The van der Waals surface area contributed by atoms with Crippen LogP contribution >= 0.6 is 0 Å². The smallest absolute Gasteiger partial charge is 0.134 e. The second kappa shape index (κ2) is 4.86. The zero-order valence-corrected chi connectivity index (χ0v) is 10.7. The Morgan fingerprint density at radius 3 is 2.74 bits per heavy atom. The normalized spacial score (nSPS) is 12.7. The minimum atomic E-state index is -0.599. The highest BCUT2D eigenvalue weighted by Gasteiger charge is 2.18. The summed E-state index contributed by atoms with van der Waals surface area (Å²) in [5.74, 6) is 0.768. The predicted molar refractivity (Wildman–Crippen MR) is 73.9 cm³/mol. The molecule has 3 aromatic rings. The first-order valence-electron chi connectivity index (χ1n) is 6.31. The lowest BCUT2D eigenvalue weighted by Gasteiger charge is -2.09. The van der Waals surface area contributed by atoms with Crippen molar-refractivity contribution in [2.24, 2.45) is 0 Å². The average Bonchev–Trinajstić information content (AvgIpc) is 2.75. The third kappa shape index (κ3) is 2.25. The van der Waals surface area contributed by atoms with Gasteiger partial charge in [-0.2, -0.15) is 0 Å². The van der Waals surface area contributed by atoms with E-state index in [-0.39, 0.29) is 0 Å². The van der Waals surface area contributed by atoms with Crippen molar-refractivity contribution in [3.8, 4) is 0 Å². The fourth-order valence-corrected chi connectivity index (χ4v) is 2.42. The van der Waals surface area contributed by atoms with E-state index < -0.39 is 6.10 Å². The molecule has 0 radical (unpaired) electrons. The van der Waals surface area contributed by atoms with Gasteiger partial charge in [0, 0.05) is 29.3 Å². The molecule has 19 heavy (non-hydrogen) atoms. The van der Waals surface area contributed by atoms with Gasteiger partial charge in [0.1, 0.15) is 11.3 Å². The Hall–Kier alpha value is -2.13. The van der Waals surface area contributed by atoms with Gasteiger partial charge in [0.2, 0.25) is 0 Å². The molecular formula is C16H15NO2. The topological polar surface area (TPSA) is 46.3 Å². The first-order valence-corrected chi connectivity index (χ1v) is 6.31. The van der Waals surface area contributed by atoms with E-state index in [4.69, 9.17) is 4.42 Å². The van der Waals surface area contributed by atoms with E-state index in [0.29, 0.717) is 6.42 Å². The maximum Gasteiger partial charge on any atom is 0.134 e. The molecule has 0 saturated carbocycles. The van der Waals surface area contributed by atoms with E-state index in [2.05, 4.69) is 4.98 Å². The molecule has 0 spiro atoms.